The number of aromatic amines is 1. The molecule has 5 rings (SSSR count). The van der Waals surface area contributed by atoms with Crippen molar-refractivity contribution in [2.45, 2.75) is 13.8 Å². The van der Waals surface area contributed by atoms with Crippen molar-refractivity contribution in [3.05, 3.63) is 99.5 Å². The van der Waals surface area contributed by atoms with Crippen molar-refractivity contribution in [1.82, 2.24) is 15.3 Å². The molecule has 1 aliphatic rings. The Morgan fingerprint density at radius 2 is 1.88 bits per heavy atom. The number of benzene rings is 2. The predicted molar refractivity (Wildman–Crippen MR) is 168 cm³/mol. The van der Waals surface area contributed by atoms with Crippen LogP contribution in [0, 0.1) is 13.8 Å². The van der Waals surface area contributed by atoms with Gasteiger partial charge in [-0.1, -0.05) is 23.7 Å². The first-order valence-electron chi connectivity index (χ1n) is 13.3. The number of H-pyrrole nitrogens is 1. The fraction of sp³-hybridized carbons (Fsp3) is 0.133. The molecule has 0 saturated heterocycles. The number of aryl methyl sites for hydroxylation is 1. The first-order chi connectivity index (χ1) is 20.7. The average molecular weight is 598 g/mol. The SMILES string of the molecule is Cc1[nH]c(/C=N/N=C2\C(=O)Nc3ccc(Cl)cc32)c(C)c1C(=O)NCCNc1ccc(C(=O)Nc2ccccc2N)cn1. The molecule has 218 valence electrons. The summed E-state index contributed by atoms with van der Waals surface area (Å²) in [6, 6.07) is 15.4. The lowest BCUT2D eigenvalue weighted by Crippen LogP contribution is -2.29. The van der Waals surface area contributed by atoms with E-state index in [1.165, 1.54) is 12.4 Å². The molecule has 13 heteroatoms. The zero-order valence-corrected chi connectivity index (χ0v) is 24.0. The number of carbonyl (C=O) groups is 3. The zero-order valence-electron chi connectivity index (χ0n) is 23.3. The minimum atomic E-state index is -0.368. The van der Waals surface area contributed by atoms with Crippen LogP contribution >= 0.6 is 11.6 Å². The highest BCUT2D eigenvalue weighted by molar-refractivity contribution is 6.54. The van der Waals surface area contributed by atoms with Crippen molar-refractivity contribution in [1.29, 1.82) is 0 Å². The Hall–Kier alpha value is -5.49. The molecule has 0 unspecified atom stereocenters. The van der Waals surface area contributed by atoms with Gasteiger partial charge in [0.25, 0.3) is 17.7 Å². The summed E-state index contributed by atoms with van der Waals surface area (Å²) in [5, 5.41) is 20.1. The first kappa shape index (κ1) is 29.0. The Labute approximate surface area is 251 Å². The Kier molecular flexibility index (Phi) is 8.49. The summed E-state index contributed by atoms with van der Waals surface area (Å²) in [6.07, 6.45) is 2.93. The molecule has 0 atom stereocenters. The van der Waals surface area contributed by atoms with Crippen LogP contribution in [0.4, 0.5) is 22.9 Å². The average Bonchev–Trinajstić information content (AvgIpc) is 3.45. The number of para-hydroxylation sites is 2. The van der Waals surface area contributed by atoms with Gasteiger partial charge in [-0.2, -0.15) is 5.10 Å². The van der Waals surface area contributed by atoms with Crippen LogP contribution in [0.25, 0.3) is 0 Å². The van der Waals surface area contributed by atoms with E-state index >= 15 is 0 Å². The number of pyridine rings is 1. The van der Waals surface area contributed by atoms with Crippen molar-refractivity contribution >= 4 is 64.1 Å². The second kappa shape index (κ2) is 12.6. The number of nitrogens with zero attached hydrogens (tertiary/aromatic N) is 3. The molecule has 0 fully saturated rings. The summed E-state index contributed by atoms with van der Waals surface area (Å²) in [7, 11) is 0. The smallest absolute Gasteiger partial charge is 0.276 e. The van der Waals surface area contributed by atoms with Gasteiger partial charge in [0.1, 0.15) is 5.82 Å². The van der Waals surface area contributed by atoms with E-state index in [2.05, 4.69) is 41.4 Å². The third-order valence-corrected chi connectivity index (χ3v) is 6.93. The van der Waals surface area contributed by atoms with E-state index in [0.717, 1.165) is 0 Å². The minimum absolute atomic E-state index is 0.157. The van der Waals surface area contributed by atoms with Crippen LogP contribution in [0.1, 0.15) is 43.2 Å². The second-order valence-electron chi connectivity index (χ2n) is 9.66. The third kappa shape index (κ3) is 6.54. The number of halogens is 1. The summed E-state index contributed by atoms with van der Waals surface area (Å²) < 4.78 is 0. The Bertz CT molecular complexity index is 1780. The maximum absolute atomic E-state index is 12.9. The van der Waals surface area contributed by atoms with E-state index in [0.29, 0.717) is 74.6 Å². The minimum Gasteiger partial charge on any atom is -0.397 e. The van der Waals surface area contributed by atoms with Crippen LogP contribution in [0.5, 0.6) is 0 Å². The quantitative estimate of drug-likeness (QED) is 0.0730. The van der Waals surface area contributed by atoms with Crippen molar-refractivity contribution in [2.75, 3.05) is 34.8 Å². The number of hydrogen-bond acceptors (Lipinski definition) is 8. The molecule has 7 N–H and O–H groups in total. The summed E-state index contributed by atoms with van der Waals surface area (Å²) in [6.45, 7) is 4.33. The van der Waals surface area contributed by atoms with E-state index in [1.807, 2.05) is 0 Å². The van der Waals surface area contributed by atoms with Gasteiger partial charge in [-0.3, -0.25) is 14.4 Å². The fourth-order valence-corrected chi connectivity index (χ4v) is 4.68. The van der Waals surface area contributed by atoms with Gasteiger partial charge in [0.05, 0.1) is 40.1 Å². The molecule has 0 saturated carbocycles. The summed E-state index contributed by atoms with van der Waals surface area (Å²) >= 11 is 6.06. The molecule has 0 bridgehead atoms. The highest BCUT2D eigenvalue weighted by atomic mass is 35.5. The van der Waals surface area contributed by atoms with Crippen molar-refractivity contribution < 1.29 is 14.4 Å². The van der Waals surface area contributed by atoms with Crippen LogP contribution in [0.15, 0.2) is 71.0 Å². The van der Waals surface area contributed by atoms with Gasteiger partial charge >= 0.3 is 0 Å². The van der Waals surface area contributed by atoms with Gasteiger partial charge in [-0.05, 0) is 61.9 Å². The van der Waals surface area contributed by atoms with Gasteiger partial charge in [-0.15, -0.1) is 5.10 Å². The number of carbonyl (C=O) groups excluding carboxylic acids is 3. The Morgan fingerprint density at radius 1 is 1.07 bits per heavy atom. The predicted octanol–water partition coefficient (Wildman–Crippen LogP) is 4.13. The Balaban J connectivity index is 1.13. The van der Waals surface area contributed by atoms with E-state index in [1.54, 1.807) is 68.4 Å². The molecule has 43 heavy (non-hydrogen) atoms. The monoisotopic (exact) mass is 597 g/mol. The second-order valence-corrected chi connectivity index (χ2v) is 10.1. The number of anilines is 4. The third-order valence-electron chi connectivity index (χ3n) is 6.70. The number of fused-ring (bicyclic) bond motifs is 1. The number of rotatable bonds is 9. The summed E-state index contributed by atoms with van der Waals surface area (Å²) in [5.41, 5.74) is 11.1. The largest absolute Gasteiger partial charge is 0.397 e. The van der Waals surface area contributed by atoms with E-state index in [-0.39, 0.29) is 23.4 Å². The fourth-order valence-electron chi connectivity index (χ4n) is 4.51. The zero-order chi connectivity index (χ0) is 30.5. The van der Waals surface area contributed by atoms with Crippen LogP contribution < -0.4 is 27.0 Å². The highest BCUT2D eigenvalue weighted by Crippen LogP contribution is 2.27. The molecular weight excluding hydrogens is 570 g/mol. The van der Waals surface area contributed by atoms with Gasteiger partial charge in [0.15, 0.2) is 5.71 Å². The number of nitrogens with two attached hydrogens (primary N) is 1. The molecule has 1 aliphatic heterocycles. The topological polar surface area (TPSA) is 179 Å². The maximum atomic E-state index is 12.9. The Morgan fingerprint density at radius 3 is 2.65 bits per heavy atom. The van der Waals surface area contributed by atoms with Gasteiger partial charge in [0, 0.05) is 35.6 Å². The van der Waals surface area contributed by atoms with Crippen molar-refractivity contribution in [3.63, 3.8) is 0 Å². The molecule has 3 heterocycles. The van der Waals surface area contributed by atoms with Gasteiger partial charge < -0.3 is 32.0 Å². The van der Waals surface area contributed by atoms with Crippen LogP contribution in [0.3, 0.4) is 0 Å². The molecule has 3 amide bonds. The number of aromatic nitrogens is 2. The lowest BCUT2D eigenvalue weighted by Gasteiger charge is -2.10. The summed E-state index contributed by atoms with van der Waals surface area (Å²) in [5.74, 6) is -0.386. The molecule has 2 aromatic carbocycles. The molecule has 0 radical (unpaired) electrons. The maximum Gasteiger partial charge on any atom is 0.276 e. The lowest BCUT2D eigenvalue weighted by atomic mass is 10.1. The molecule has 0 spiro atoms. The molecule has 4 aromatic rings. The van der Waals surface area contributed by atoms with Crippen LogP contribution in [0.2, 0.25) is 5.02 Å². The molecule has 12 nitrogen and oxygen atoms in total. The van der Waals surface area contributed by atoms with Gasteiger partial charge in [0.2, 0.25) is 0 Å². The van der Waals surface area contributed by atoms with E-state index < -0.39 is 0 Å². The van der Waals surface area contributed by atoms with E-state index in [4.69, 9.17) is 17.3 Å². The number of amides is 3. The highest BCUT2D eigenvalue weighted by Gasteiger charge is 2.26. The molecule has 0 aliphatic carbocycles. The van der Waals surface area contributed by atoms with Gasteiger partial charge in [-0.25, -0.2) is 4.98 Å². The number of hydrogen-bond donors (Lipinski definition) is 6. The van der Waals surface area contributed by atoms with Crippen LogP contribution in [-0.2, 0) is 4.79 Å². The van der Waals surface area contributed by atoms with Crippen molar-refractivity contribution in [3.8, 4) is 0 Å². The normalized spacial score (nSPS) is 13.2. The molecule has 2 aromatic heterocycles. The lowest BCUT2D eigenvalue weighted by molar-refractivity contribution is -0.110. The number of nitrogen functional groups attached to an aromatic ring is 1. The van der Waals surface area contributed by atoms with Crippen molar-refractivity contribution in [2.24, 2.45) is 10.2 Å². The van der Waals surface area contributed by atoms with E-state index in [9.17, 15) is 14.4 Å². The first-order valence-corrected chi connectivity index (χ1v) is 13.6. The number of nitrogens with one attached hydrogen (secondary N) is 5. The standard InChI is InChI=1S/C30H28ClN9O3/c1-16-24(15-36-40-27-20-13-19(31)8-9-22(20)38-30(27)43)37-17(2)26(16)29(42)34-12-11-33-25-10-7-18(14-35-25)28(41)39-23-6-4-3-5-21(23)32/h3-10,13-15,37H,11-12,32H2,1-2H3,(H,33,35)(H,34,42)(H,39,41)(H,38,40,43)/b36-15+. The van der Waals surface area contributed by atoms with Crippen LogP contribution in [-0.4, -0.2) is 52.7 Å². The summed E-state index contributed by atoms with van der Waals surface area (Å²) in [4.78, 5) is 45.1. The molecular formula is C30H28ClN9O3.